The SMILES string of the molecule is CNc1nc(NCC(C)N2CCCC2)cc(C(F)(F)F)n1. The number of rotatable bonds is 5. The zero-order valence-corrected chi connectivity index (χ0v) is 12.2. The summed E-state index contributed by atoms with van der Waals surface area (Å²) in [5.41, 5.74) is -0.946. The Kier molecular flexibility index (Phi) is 4.87. The van der Waals surface area contributed by atoms with Gasteiger partial charge in [0.05, 0.1) is 0 Å². The molecule has 0 bridgehead atoms. The lowest BCUT2D eigenvalue weighted by Crippen LogP contribution is -2.35. The third-order valence-corrected chi connectivity index (χ3v) is 3.58. The van der Waals surface area contributed by atoms with Gasteiger partial charge in [0.1, 0.15) is 5.82 Å². The molecule has 1 fully saturated rings. The molecule has 0 aliphatic carbocycles. The van der Waals surface area contributed by atoms with Crippen LogP contribution in [0.2, 0.25) is 0 Å². The normalized spacial score (nSPS) is 17.8. The third kappa shape index (κ3) is 4.20. The number of likely N-dealkylation sites (tertiary alicyclic amines) is 1. The molecule has 0 saturated carbocycles. The standard InChI is InChI=1S/C13H20F3N5/c1-9(21-5-3-4-6-21)8-18-11-7-10(13(14,15)16)19-12(17-2)20-11/h7,9H,3-6,8H2,1-2H3,(H2,17,18,19,20). The monoisotopic (exact) mass is 303 g/mol. The van der Waals surface area contributed by atoms with Crippen LogP contribution in [0.25, 0.3) is 0 Å². The first kappa shape index (κ1) is 15.8. The van der Waals surface area contributed by atoms with Crippen molar-refractivity contribution in [2.75, 3.05) is 37.3 Å². The highest BCUT2D eigenvalue weighted by molar-refractivity contribution is 5.43. The second kappa shape index (κ2) is 6.46. The van der Waals surface area contributed by atoms with Crippen LogP contribution < -0.4 is 10.6 Å². The Bertz CT molecular complexity index is 471. The first-order valence-electron chi connectivity index (χ1n) is 7.02. The van der Waals surface area contributed by atoms with Gasteiger partial charge < -0.3 is 10.6 Å². The lowest BCUT2D eigenvalue weighted by molar-refractivity contribution is -0.141. The molecular formula is C13H20F3N5. The van der Waals surface area contributed by atoms with Crippen molar-refractivity contribution < 1.29 is 13.2 Å². The van der Waals surface area contributed by atoms with E-state index in [0.717, 1.165) is 19.2 Å². The number of anilines is 2. The van der Waals surface area contributed by atoms with Gasteiger partial charge in [-0.1, -0.05) is 0 Å². The van der Waals surface area contributed by atoms with E-state index < -0.39 is 11.9 Å². The van der Waals surface area contributed by atoms with Gasteiger partial charge in [0.15, 0.2) is 5.69 Å². The van der Waals surface area contributed by atoms with E-state index in [1.807, 2.05) is 0 Å². The fraction of sp³-hybridized carbons (Fsp3) is 0.692. The molecule has 5 nitrogen and oxygen atoms in total. The van der Waals surface area contributed by atoms with Crippen LogP contribution in [-0.4, -0.2) is 47.6 Å². The lowest BCUT2D eigenvalue weighted by atomic mass is 10.3. The molecule has 1 aliphatic heterocycles. The second-order valence-corrected chi connectivity index (χ2v) is 5.18. The summed E-state index contributed by atoms with van der Waals surface area (Å²) in [6, 6.07) is 1.20. The number of halogens is 3. The maximum atomic E-state index is 12.8. The van der Waals surface area contributed by atoms with E-state index in [0.29, 0.717) is 6.54 Å². The Morgan fingerprint density at radius 3 is 2.52 bits per heavy atom. The molecule has 21 heavy (non-hydrogen) atoms. The van der Waals surface area contributed by atoms with E-state index in [-0.39, 0.29) is 17.8 Å². The van der Waals surface area contributed by atoms with Gasteiger partial charge in [-0.25, -0.2) is 4.98 Å². The zero-order chi connectivity index (χ0) is 15.5. The van der Waals surface area contributed by atoms with E-state index in [4.69, 9.17) is 0 Å². The molecular weight excluding hydrogens is 283 g/mol. The minimum absolute atomic E-state index is 0.0406. The minimum atomic E-state index is -4.48. The third-order valence-electron chi connectivity index (χ3n) is 3.58. The minimum Gasteiger partial charge on any atom is -0.368 e. The van der Waals surface area contributed by atoms with Crippen molar-refractivity contribution in [2.45, 2.75) is 32.0 Å². The summed E-state index contributed by atoms with van der Waals surface area (Å²) >= 11 is 0. The Labute approximate surface area is 122 Å². The highest BCUT2D eigenvalue weighted by atomic mass is 19.4. The predicted octanol–water partition coefficient (Wildman–Crippen LogP) is 2.43. The fourth-order valence-corrected chi connectivity index (χ4v) is 2.36. The van der Waals surface area contributed by atoms with Crippen molar-refractivity contribution in [2.24, 2.45) is 0 Å². The van der Waals surface area contributed by atoms with Crippen LogP contribution in [0.4, 0.5) is 24.9 Å². The van der Waals surface area contributed by atoms with E-state index in [2.05, 4.69) is 32.4 Å². The van der Waals surface area contributed by atoms with Crippen LogP contribution in [0.15, 0.2) is 6.07 Å². The average molecular weight is 303 g/mol. The highest BCUT2D eigenvalue weighted by Crippen LogP contribution is 2.29. The Morgan fingerprint density at radius 1 is 1.29 bits per heavy atom. The summed E-state index contributed by atoms with van der Waals surface area (Å²) in [7, 11) is 1.49. The van der Waals surface area contributed by atoms with E-state index >= 15 is 0 Å². The molecule has 0 spiro atoms. The first-order chi connectivity index (χ1) is 9.90. The van der Waals surface area contributed by atoms with Gasteiger partial charge in [-0.2, -0.15) is 18.2 Å². The number of nitrogens with one attached hydrogen (secondary N) is 2. The van der Waals surface area contributed by atoms with Gasteiger partial charge in [0.2, 0.25) is 5.95 Å². The molecule has 1 unspecified atom stereocenters. The van der Waals surface area contributed by atoms with Crippen molar-refractivity contribution in [1.29, 1.82) is 0 Å². The number of hydrogen-bond acceptors (Lipinski definition) is 5. The topological polar surface area (TPSA) is 53.1 Å². The first-order valence-corrected chi connectivity index (χ1v) is 7.02. The number of aromatic nitrogens is 2. The molecule has 0 amide bonds. The van der Waals surface area contributed by atoms with Crippen LogP contribution in [0.5, 0.6) is 0 Å². The molecule has 1 aromatic rings. The molecule has 8 heteroatoms. The van der Waals surface area contributed by atoms with Crippen LogP contribution in [0, 0.1) is 0 Å². The zero-order valence-electron chi connectivity index (χ0n) is 12.2. The molecule has 0 aromatic carbocycles. The van der Waals surface area contributed by atoms with Gasteiger partial charge in [-0.3, -0.25) is 4.90 Å². The van der Waals surface area contributed by atoms with Gasteiger partial charge in [0.25, 0.3) is 0 Å². The number of nitrogens with zero attached hydrogens (tertiary/aromatic N) is 3. The summed E-state index contributed by atoms with van der Waals surface area (Å²) in [5, 5.41) is 5.53. The number of hydrogen-bond donors (Lipinski definition) is 2. The molecule has 1 aromatic heterocycles. The van der Waals surface area contributed by atoms with Crippen molar-refractivity contribution >= 4 is 11.8 Å². The summed E-state index contributed by atoms with van der Waals surface area (Å²) in [6.07, 6.45) is -2.12. The molecule has 0 radical (unpaired) electrons. The van der Waals surface area contributed by atoms with Crippen LogP contribution in [-0.2, 0) is 6.18 Å². The van der Waals surface area contributed by atoms with Gasteiger partial charge in [-0.05, 0) is 32.9 Å². The Balaban J connectivity index is 2.04. The van der Waals surface area contributed by atoms with Crippen LogP contribution >= 0.6 is 0 Å². The molecule has 1 aliphatic rings. The Morgan fingerprint density at radius 2 is 1.95 bits per heavy atom. The largest absolute Gasteiger partial charge is 0.433 e. The Hall–Kier alpha value is -1.57. The maximum Gasteiger partial charge on any atom is 0.433 e. The van der Waals surface area contributed by atoms with Gasteiger partial charge in [-0.15, -0.1) is 0 Å². The van der Waals surface area contributed by atoms with Gasteiger partial charge >= 0.3 is 6.18 Å². The quantitative estimate of drug-likeness (QED) is 0.875. The van der Waals surface area contributed by atoms with Crippen molar-refractivity contribution in [3.05, 3.63) is 11.8 Å². The van der Waals surface area contributed by atoms with Crippen molar-refractivity contribution in [3.63, 3.8) is 0 Å². The lowest BCUT2D eigenvalue weighted by Gasteiger charge is -2.24. The van der Waals surface area contributed by atoms with Crippen LogP contribution in [0.3, 0.4) is 0 Å². The molecule has 2 heterocycles. The summed E-state index contributed by atoms with van der Waals surface area (Å²) in [4.78, 5) is 9.76. The van der Waals surface area contributed by atoms with E-state index in [1.54, 1.807) is 0 Å². The molecule has 1 saturated heterocycles. The molecule has 2 N–H and O–H groups in total. The van der Waals surface area contributed by atoms with E-state index in [9.17, 15) is 13.2 Å². The van der Waals surface area contributed by atoms with E-state index in [1.165, 1.54) is 19.9 Å². The summed E-state index contributed by atoms with van der Waals surface area (Å²) < 4.78 is 38.3. The maximum absolute atomic E-state index is 12.8. The van der Waals surface area contributed by atoms with Crippen LogP contribution in [0.1, 0.15) is 25.5 Å². The summed E-state index contributed by atoms with van der Waals surface area (Å²) in [6.45, 7) is 4.70. The highest BCUT2D eigenvalue weighted by Gasteiger charge is 2.33. The molecule has 1 atom stereocenters. The fourth-order valence-electron chi connectivity index (χ4n) is 2.36. The number of alkyl halides is 3. The van der Waals surface area contributed by atoms with Gasteiger partial charge in [0, 0.05) is 25.7 Å². The van der Waals surface area contributed by atoms with Crippen molar-refractivity contribution in [3.8, 4) is 0 Å². The molecule has 118 valence electrons. The van der Waals surface area contributed by atoms with Crippen molar-refractivity contribution in [1.82, 2.24) is 14.9 Å². The average Bonchev–Trinajstić information content (AvgIpc) is 2.97. The predicted molar refractivity (Wildman–Crippen MR) is 75.3 cm³/mol. The molecule has 2 rings (SSSR count). The second-order valence-electron chi connectivity index (χ2n) is 5.18. The smallest absolute Gasteiger partial charge is 0.368 e. The summed E-state index contributed by atoms with van der Waals surface area (Å²) in [5.74, 6) is 0.147.